The summed E-state index contributed by atoms with van der Waals surface area (Å²) < 4.78 is 4.93. The number of amides is 1. The highest BCUT2D eigenvalue weighted by Crippen LogP contribution is 2.30. The van der Waals surface area contributed by atoms with E-state index >= 15 is 0 Å². The van der Waals surface area contributed by atoms with Gasteiger partial charge in [0.25, 0.3) is 0 Å². The van der Waals surface area contributed by atoms with Gasteiger partial charge in [-0.15, -0.1) is 0 Å². The Labute approximate surface area is 122 Å². The molecule has 7 nitrogen and oxygen atoms in total. The molecule has 110 valence electrons. The third-order valence-corrected chi connectivity index (χ3v) is 3.63. The number of carbonyl (C=O) groups is 1. The number of aromatic nitrogens is 4. The molecule has 2 aromatic heterocycles. The van der Waals surface area contributed by atoms with Crippen LogP contribution in [0.3, 0.4) is 0 Å². The number of hydrogen-bond donors (Lipinski definition) is 1. The second kappa shape index (κ2) is 6.01. The summed E-state index contributed by atoms with van der Waals surface area (Å²) in [5, 5.41) is 6.75. The van der Waals surface area contributed by atoms with Crippen molar-refractivity contribution in [2.24, 2.45) is 0 Å². The van der Waals surface area contributed by atoms with E-state index in [1.165, 1.54) is 7.11 Å². The van der Waals surface area contributed by atoms with E-state index < -0.39 is 0 Å². The van der Waals surface area contributed by atoms with Gasteiger partial charge in [0.05, 0.1) is 29.8 Å². The maximum Gasteiger partial charge on any atom is 0.249 e. The number of ether oxygens (including phenoxy) is 1. The average molecular weight is 287 g/mol. The molecule has 0 saturated carbocycles. The normalized spacial score (nSPS) is 18.1. The molecule has 2 aromatic rings. The van der Waals surface area contributed by atoms with Gasteiger partial charge in [-0.25, -0.2) is 0 Å². The van der Waals surface area contributed by atoms with Crippen LogP contribution in [0.25, 0.3) is 11.4 Å². The highest BCUT2D eigenvalue weighted by atomic mass is 16.5. The van der Waals surface area contributed by atoms with Crippen LogP contribution < -0.4 is 0 Å². The van der Waals surface area contributed by atoms with E-state index in [2.05, 4.69) is 20.2 Å². The van der Waals surface area contributed by atoms with Crippen LogP contribution in [-0.4, -0.2) is 51.2 Å². The molecule has 1 N–H and O–H groups in total. The Balaban J connectivity index is 1.78. The summed E-state index contributed by atoms with van der Waals surface area (Å²) in [6.45, 7) is 0.854. The molecule has 3 rings (SSSR count). The number of hydrogen-bond acceptors (Lipinski definition) is 5. The van der Waals surface area contributed by atoms with Crippen LogP contribution in [-0.2, 0) is 9.53 Å². The minimum Gasteiger partial charge on any atom is -0.375 e. The lowest BCUT2D eigenvalue weighted by Gasteiger charge is -2.23. The predicted octanol–water partition coefficient (Wildman–Crippen LogP) is 1.18. The zero-order valence-corrected chi connectivity index (χ0v) is 11.8. The predicted molar refractivity (Wildman–Crippen MR) is 75.2 cm³/mol. The van der Waals surface area contributed by atoms with E-state index in [0.29, 0.717) is 0 Å². The number of carbonyl (C=O) groups excluding carboxylic acids is 1. The molecule has 0 unspecified atom stereocenters. The van der Waals surface area contributed by atoms with E-state index in [-0.39, 0.29) is 18.6 Å². The molecule has 3 heterocycles. The zero-order valence-electron chi connectivity index (χ0n) is 11.8. The smallest absolute Gasteiger partial charge is 0.249 e. The summed E-state index contributed by atoms with van der Waals surface area (Å²) in [6.07, 6.45) is 7.00. The number of rotatable bonds is 4. The number of H-pyrrole nitrogens is 1. The van der Waals surface area contributed by atoms with E-state index in [0.717, 1.165) is 36.5 Å². The van der Waals surface area contributed by atoms with Gasteiger partial charge in [0.1, 0.15) is 12.3 Å². The number of aromatic amines is 1. The summed E-state index contributed by atoms with van der Waals surface area (Å²) >= 11 is 0. The molecule has 1 saturated heterocycles. The van der Waals surface area contributed by atoms with Gasteiger partial charge in [-0.3, -0.25) is 19.9 Å². The van der Waals surface area contributed by atoms with E-state index in [9.17, 15) is 4.79 Å². The fraction of sp³-hybridized carbons (Fsp3) is 0.429. The van der Waals surface area contributed by atoms with Gasteiger partial charge in [0.15, 0.2) is 0 Å². The molecular formula is C14H17N5O2. The molecule has 1 aliphatic rings. The fourth-order valence-corrected chi connectivity index (χ4v) is 2.63. The van der Waals surface area contributed by atoms with Crippen molar-refractivity contribution < 1.29 is 9.53 Å². The van der Waals surface area contributed by atoms with Crippen LogP contribution in [0.4, 0.5) is 0 Å². The molecule has 0 spiro atoms. The van der Waals surface area contributed by atoms with Crippen LogP contribution in [0.2, 0.25) is 0 Å². The minimum atomic E-state index is -0.00373. The first-order valence-electron chi connectivity index (χ1n) is 6.89. The van der Waals surface area contributed by atoms with Crippen molar-refractivity contribution in [2.75, 3.05) is 20.3 Å². The van der Waals surface area contributed by atoms with Crippen LogP contribution in [0.1, 0.15) is 24.6 Å². The monoisotopic (exact) mass is 287 g/mol. The quantitative estimate of drug-likeness (QED) is 0.912. The minimum absolute atomic E-state index is 0.000514. The molecule has 7 heteroatoms. The van der Waals surface area contributed by atoms with Crippen LogP contribution in [0.5, 0.6) is 0 Å². The first kappa shape index (κ1) is 13.7. The van der Waals surface area contributed by atoms with Crippen molar-refractivity contribution in [1.29, 1.82) is 0 Å². The first-order chi connectivity index (χ1) is 10.3. The van der Waals surface area contributed by atoms with Gasteiger partial charge in [0, 0.05) is 19.9 Å². The highest BCUT2D eigenvalue weighted by molar-refractivity contribution is 5.78. The molecule has 1 aliphatic heterocycles. The second-order valence-corrected chi connectivity index (χ2v) is 4.97. The van der Waals surface area contributed by atoms with Crippen molar-refractivity contribution in [2.45, 2.75) is 18.9 Å². The largest absolute Gasteiger partial charge is 0.375 e. The molecule has 0 radical (unpaired) electrons. The van der Waals surface area contributed by atoms with Gasteiger partial charge < -0.3 is 9.64 Å². The lowest BCUT2D eigenvalue weighted by molar-refractivity contribution is -0.136. The van der Waals surface area contributed by atoms with E-state index in [4.69, 9.17) is 4.74 Å². The van der Waals surface area contributed by atoms with Gasteiger partial charge in [0.2, 0.25) is 5.91 Å². The Bertz CT molecular complexity index is 596. The molecule has 0 bridgehead atoms. The average Bonchev–Trinajstić information content (AvgIpc) is 3.19. The fourth-order valence-electron chi connectivity index (χ4n) is 2.63. The Hall–Kier alpha value is -2.28. The van der Waals surface area contributed by atoms with Crippen molar-refractivity contribution in [3.05, 3.63) is 30.4 Å². The molecule has 1 atom stereocenters. The topological polar surface area (TPSA) is 84.0 Å². The zero-order chi connectivity index (χ0) is 14.7. The number of nitrogens with zero attached hydrogens (tertiary/aromatic N) is 4. The molecular weight excluding hydrogens is 270 g/mol. The summed E-state index contributed by atoms with van der Waals surface area (Å²) in [5.74, 6) is -0.000514. The highest BCUT2D eigenvalue weighted by Gasteiger charge is 2.30. The standard InChI is InChI=1S/C14H17N5O2/c1-21-9-14(20)19-6-2-3-13(19)12-8-15-11(7-16-12)10-4-5-17-18-10/h4-5,7-8,13H,2-3,6,9H2,1H3,(H,17,18)/t13-/m0/s1. The Morgan fingerprint density at radius 2 is 2.38 bits per heavy atom. The van der Waals surface area contributed by atoms with Crippen molar-refractivity contribution >= 4 is 5.91 Å². The van der Waals surface area contributed by atoms with Gasteiger partial charge >= 0.3 is 0 Å². The number of methoxy groups -OCH3 is 1. The maximum absolute atomic E-state index is 12.0. The molecule has 0 aliphatic carbocycles. The van der Waals surface area contributed by atoms with Crippen LogP contribution in [0, 0.1) is 0 Å². The SMILES string of the molecule is COCC(=O)N1CCC[C@H]1c1cnc(-c2ccn[nH]2)cn1. The molecule has 21 heavy (non-hydrogen) atoms. The second-order valence-electron chi connectivity index (χ2n) is 4.97. The Morgan fingerprint density at radius 1 is 1.48 bits per heavy atom. The molecule has 1 amide bonds. The number of likely N-dealkylation sites (tertiary alicyclic amines) is 1. The Kier molecular flexibility index (Phi) is 3.92. The lowest BCUT2D eigenvalue weighted by atomic mass is 10.1. The third-order valence-electron chi connectivity index (χ3n) is 3.63. The number of nitrogens with one attached hydrogen (secondary N) is 1. The van der Waals surface area contributed by atoms with Crippen LogP contribution >= 0.6 is 0 Å². The Morgan fingerprint density at radius 3 is 3.05 bits per heavy atom. The van der Waals surface area contributed by atoms with Crippen molar-refractivity contribution in [3.8, 4) is 11.4 Å². The summed E-state index contributed by atoms with van der Waals surface area (Å²) in [7, 11) is 1.53. The summed E-state index contributed by atoms with van der Waals surface area (Å²) in [5.41, 5.74) is 2.39. The summed E-state index contributed by atoms with van der Waals surface area (Å²) in [4.78, 5) is 22.7. The van der Waals surface area contributed by atoms with Crippen LogP contribution in [0.15, 0.2) is 24.7 Å². The van der Waals surface area contributed by atoms with Gasteiger partial charge in [-0.05, 0) is 18.9 Å². The molecule has 1 fully saturated rings. The maximum atomic E-state index is 12.0. The first-order valence-corrected chi connectivity index (χ1v) is 6.89. The van der Waals surface area contributed by atoms with E-state index in [1.54, 1.807) is 18.6 Å². The van der Waals surface area contributed by atoms with E-state index in [1.807, 2.05) is 11.0 Å². The van der Waals surface area contributed by atoms with Crippen molar-refractivity contribution in [1.82, 2.24) is 25.1 Å². The summed E-state index contributed by atoms with van der Waals surface area (Å²) in [6, 6.07) is 1.84. The van der Waals surface area contributed by atoms with Crippen molar-refractivity contribution in [3.63, 3.8) is 0 Å². The van der Waals surface area contributed by atoms with Gasteiger partial charge in [-0.2, -0.15) is 5.10 Å². The molecule has 0 aromatic carbocycles. The third kappa shape index (κ3) is 2.78. The lowest BCUT2D eigenvalue weighted by Crippen LogP contribution is -2.33. The van der Waals surface area contributed by atoms with Gasteiger partial charge in [-0.1, -0.05) is 0 Å².